The Bertz CT molecular complexity index is 412. The van der Waals surface area contributed by atoms with Crippen LogP contribution in [-0.4, -0.2) is 23.6 Å². The van der Waals surface area contributed by atoms with E-state index in [4.69, 9.17) is 5.73 Å². The molecule has 4 heteroatoms. The van der Waals surface area contributed by atoms with Gasteiger partial charge in [-0.25, -0.2) is 0 Å². The summed E-state index contributed by atoms with van der Waals surface area (Å²) in [5.41, 5.74) is 8.41. The van der Waals surface area contributed by atoms with E-state index in [-0.39, 0.29) is 6.04 Å². The maximum atomic E-state index is 5.94. The van der Waals surface area contributed by atoms with Crippen LogP contribution in [0.25, 0.3) is 0 Å². The lowest BCUT2D eigenvalue weighted by atomic mass is 10.1. The maximum absolute atomic E-state index is 5.94. The highest BCUT2D eigenvalue weighted by atomic mass is 79.9. The van der Waals surface area contributed by atoms with Gasteiger partial charge in [0, 0.05) is 39.8 Å². The van der Waals surface area contributed by atoms with E-state index in [1.165, 1.54) is 11.3 Å². The standard InChI is InChI=1S/C14H21BrN2S/c1-9-7-17(8-10(2)18-9)12-4-5-13(11(3)16)14(15)6-12/h4-6,9-11H,7-8,16H2,1-3H3/t9?,10?,11-/m1/s1. The zero-order chi connectivity index (χ0) is 13.3. The van der Waals surface area contributed by atoms with E-state index in [0.29, 0.717) is 10.5 Å². The zero-order valence-electron chi connectivity index (χ0n) is 11.2. The first kappa shape index (κ1) is 14.2. The monoisotopic (exact) mass is 328 g/mol. The van der Waals surface area contributed by atoms with Crippen molar-refractivity contribution in [1.29, 1.82) is 0 Å². The lowest BCUT2D eigenvalue weighted by Crippen LogP contribution is -2.40. The van der Waals surface area contributed by atoms with Gasteiger partial charge in [-0.2, -0.15) is 11.8 Å². The fourth-order valence-electron chi connectivity index (χ4n) is 2.47. The molecule has 1 aliphatic rings. The van der Waals surface area contributed by atoms with Gasteiger partial charge in [0.1, 0.15) is 0 Å². The first-order valence-corrected chi connectivity index (χ1v) is 8.16. The van der Waals surface area contributed by atoms with Crippen LogP contribution in [-0.2, 0) is 0 Å². The summed E-state index contributed by atoms with van der Waals surface area (Å²) >= 11 is 5.71. The Labute approximate surface area is 122 Å². The van der Waals surface area contributed by atoms with Gasteiger partial charge in [0.05, 0.1) is 0 Å². The van der Waals surface area contributed by atoms with Crippen LogP contribution in [0.2, 0.25) is 0 Å². The molecule has 2 N–H and O–H groups in total. The molecule has 2 rings (SSSR count). The highest BCUT2D eigenvalue weighted by Gasteiger charge is 2.22. The molecular weight excluding hydrogens is 308 g/mol. The summed E-state index contributed by atoms with van der Waals surface area (Å²) in [5.74, 6) is 0. The van der Waals surface area contributed by atoms with Crippen molar-refractivity contribution in [2.75, 3.05) is 18.0 Å². The number of rotatable bonds is 2. The molecule has 1 aromatic rings. The summed E-state index contributed by atoms with van der Waals surface area (Å²) in [5, 5.41) is 1.39. The highest BCUT2D eigenvalue weighted by molar-refractivity contribution is 9.10. The Morgan fingerprint density at radius 2 is 1.94 bits per heavy atom. The van der Waals surface area contributed by atoms with E-state index in [9.17, 15) is 0 Å². The second-order valence-corrected chi connectivity index (χ2v) is 7.89. The summed E-state index contributed by atoms with van der Waals surface area (Å²) in [6.07, 6.45) is 0. The normalized spacial score (nSPS) is 26.2. The fraction of sp³-hybridized carbons (Fsp3) is 0.571. The first-order chi connectivity index (χ1) is 8.47. The number of thioether (sulfide) groups is 1. The van der Waals surface area contributed by atoms with Gasteiger partial charge in [-0.15, -0.1) is 0 Å². The van der Waals surface area contributed by atoms with Crippen molar-refractivity contribution >= 4 is 33.4 Å². The molecule has 100 valence electrons. The summed E-state index contributed by atoms with van der Waals surface area (Å²) in [6, 6.07) is 6.61. The van der Waals surface area contributed by atoms with E-state index in [1.54, 1.807) is 0 Å². The molecule has 2 unspecified atom stereocenters. The van der Waals surface area contributed by atoms with E-state index >= 15 is 0 Å². The molecule has 0 bridgehead atoms. The van der Waals surface area contributed by atoms with Crippen LogP contribution in [0.15, 0.2) is 22.7 Å². The number of benzene rings is 1. The Morgan fingerprint density at radius 3 is 2.44 bits per heavy atom. The first-order valence-electron chi connectivity index (χ1n) is 6.43. The number of nitrogens with two attached hydrogens (primary N) is 1. The van der Waals surface area contributed by atoms with Crippen molar-refractivity contribution < 1.29 is 0 Å². The molecule has 0 aliphatic carbocycles. The quantitative estimate of drug-likeness (QED) is 0.895. The highest BCUT2D eigenvalue weighted by Crippen LogP contribution is 2.32. The minimum absolute atomic E-state index is 0.0724. The Hall–Kier alpha value is -0.190. The van der Waals surface area contributed by atoms with E-state index in [2.05, 4.69) is 64.6 Å². The summed E-state index contributed by atoms with van der Waals surface area (Å²) in [7, 11) is 0. The Kier molecular flexibility index (Phi) is 4.62. The topological polar surface area (TPSA) is 29.3 Å². The smallest absolute Gasteiger partial charge is 0.0378 e. The van der Waals surface area contributed by atoms with Crippen molar-refractivity contribution in [2.24, 2.45) is 5.73 Å². The number of anilines is 1. The number of hydrogen-bond donors (Lipinski definition) is 1. The van der Waals surface area contributed by atoms with Crippen LogP contribution in [0.5, 0.6) is 0 Å². The van der Waals surface area contributed by atoms with Crippen LogP contribution in [0.1, 0.15) is 32.4 Å². The summed E-state index contributed by atoms with van der Waals surface area (Å²) in [6.45, 7) is 8.87. The van der Waals surface area contributed by atoms with E-state index in [0.717, 1.165) is 17.6 Å². The van der Waals surface area contributed by atoms with Crippen LogP contribution in [0.3, 0.4) is 0 Å². The minimum Gasteiger partial charge on any atom is -0.369 e. The molecule has 1 fully saturated rings. The molecule has 0 radical (unpaired) electrons. The number of hydrogen-bond acceptors (Lipinski definition) is 3. The SMILES string of the molecule is CC1CN(c2ccc([C@@H](C)N)c(Br)c2)CC(C)S1. The molecule has 0 amide bonds. The van der Waals surface area contributed by atoms with Gasteiger partial charge in [-0.3, -0.25) is 0 Å². The summed E-state index contributed by atoms with van der Waals surface area (Å²) in [4.78, 5) is 2.47. The Balaban J connectivity index is 2.21. The lowest BCUT2D eigenvalue weighted by molar-refractivity contribution is 0.727. The third-order valence-corrected chi connectivity index (χ3v) is 5.17. The largest absolute Gasteiger partial charge is 0.369 e. The third-order valence-electron chi connectivity index (χ3n) is 3.26. The van der Waals surface area contributed by atoms with E-state index < -0.39 is 0 Å². The molecule has 2 nitrogen and oxygen atoms in total. The number of nitrogens with zero attached hydrogens (tertiary/aromatic N) is 1. The fourth-order valence-corrected chi connectivity index (χ4v) is 4.52. The van der Waals surface area contributed by atoms with Crippen molar-refractivity contribution in [2.45, 2.75) is 37.3 Å². The zero-order valence-corrected chi connectivity index (χ0v) is 13.6. The summed E-state index contributed by atoms with van der Waals surface area (Å²) < 4.78 is 1.12. The van der Waals surface area contributed by atoms with Crippen molar-refractivity contribution in [3.8, 4) is 0 Å². The average molecular weight is 329 g/mol. The minimum atomic E-state index is 0.0724. The molecule has 1 saturated heterocycles. The van der Waals surface area contributed by atoms with Crippen LogP contribution in [0, 0.1) is 0 Å². The molecule has 1 aliphatic heterocycles. The second-order valence-electron chi connectivity index (χ2n) is 5.16. The van der Waals surface area contributed by atoms with Gasteiger partial charge in [-0.05, 0) is 24.6 Å². The van der Waals surface area contributed by atoms with Crippen LogP contribution < -0.4 is 10.6 Å². The molecule has 18 heavy (non-hydrogen) atoms. The van der Waals surface area contributed by atoms with Gasteiger partial charge in [0.2, 0.25) is 0 Å². The van der Waals surface area contributed by atoms with Gasteiger partial charge in [-0.1, -0.05) is 35.8 Å². The van der Waals surface area contributed by atoms with Gasteiger partial charge < -0.3 is 10.6 Å². The lowest BCUT2D eigenvalue weighted by Gasteiger charge is -2.36. The van der Waals surface area contributed by atoms with Gasteiger partial charge >= 0.3 is 0 Å². The maximum Gasteiger partial charge on any atom is 0.0378 e. The molecule has 1 heterocycles. The second kappa shape index (κ2) is 5.85. The van der Waals surface area contributed by atoms with Gasteiger partial charge in [0.25, 0.3) is 0 Å². The van der Waals surface area contributed by atoms with Gasteiger partial charge in [0.15, 0.2) is 0 Å². The number of halogens is 1. The van der Waals surface area contributed by atoms with Crippen LogP contribution >= 0.6 is 27.7 Å². The van der Waals surface area contributed by atoms with Crippen LogP contribution in [0.4, 0.5) is 5.69 Å². The molecule has 0 saturated carbocycles. The van der Waals surface area contributed by atoms with Crippen molar-refractivity contribution in [1.82, 2.24) is 0 Å². The molecule has 1 aromatic carbocycles. The predicted molar refractivity (Wildman–Crippen MR) is 85.5 cm³/mol. The molecular formula is C14H21BrN2S. The molecule has 0 aromatic heterocycles. The molecule has 0 spiro atoms. The third kappa shape index (κ3) is 3.22. The predicted octanol–water partition coefficient (Wildman–Crippen LogP) is 3.80. The van der Waals surface area contributed by atoms with E-state index in [1.807, 2.05) is 6.92 Å². The molecule has 3 atom stereocenters. The average Bonchev–Trinajstić information content (AvgIpc) is 2.26. The van der Waals surface area contributed by atoms with Crippen molar-refractivity contribution in [3.63, 3.8) is 0 Å². The Morgan fingerprint density at radius 1 is 1.33 bits per heavy atom. The van der Waals surface area contributed by atoms with Crippen molar-refractivity contribution in [3.05, 3.63) is 28.2 Å².